The topological polar surface area (TPSA) is 97.6 Å². The zero-order valence-corrected chi connectivity index (χ0v) is 14.7. The lowest BCUT2D eigenvalue weighted by molar-refractivity contribution is -0.145. The van der Waals surface area contributed by atoms with Crippen molar-refractivity contribution in [1.29, 1.82) is 0 Å². The molecule has 3 N–H and O–H groups in total. The van der Waals surface area contributed by atoms with Gasteiger partial charge >= 0.3 is 0 Å². The maximum Gasteiger partial charge on any atom is 0.251 e. The first-order valence-corrected chi connectivity index (χ1v) is 9.01. The van der Waals surface area contributed by atoms with E-state index in [0.717, 1.165) is 19.3 Å². The summed E-state index contributed by atoms with van der Waals surface area (Å²) in [6, 6.07) is 3.33. The van der Waals surface area contributed by atoms with E-state index in [9.17, 15) is 9.59 Å². The van der Waals surface area contributed by atoms with Gasteiger partial charge in [-0.1, -0.05) is 11.6 Å². The van der Waals surface area contributed by atoms with Crippen LogP contribution < -0.4 is 11.1 Å². The van der Waals surface area contributed by atoms with Crippen LogP contribution in [0.3, 0.4) is 0 Å². The minimum Gasteiger partial charge on any atom is -0.364 e. The van der Waals surface area contributed by atoms with Crippen molar-refractivity contribution in [3.63, 3.8) is 0 Å². The van der Waals surface area contributed by atoms with Crippen LogP contribution in [0, 0.1) is 5.92 Å². The SMILES string of the molecule is NC[C@H]1CC[C@@H](C(=O)N2CCCC(C(=O)Nc3ccc(Cl)cn3)C2)O1. The number of anilines is 1. The third-order valence-electron chi connectivity index (χ3n) is 4.73. The molecule has 2 amide bonds. The molecule has 1 aromatic heterocycles. The van der Waals surface area contributed by atoms with E-state index >= 15 is 0 Å². The van der Waals surface area contributed by atoms with Crippen LogP contribution in [0.1, 0.15) is 25.7 Å². The molecular weight excluding hydrogens is 344 g/mol. The number of likely N-dealkylation sites (tertiary alicyclic amines) is 1. The second-order valence-electron chi connectivity index (χ2n) is 6.53. The standard InChI is InChI=1S/C17H23ClN4O3/c18-12-3-6-15(20-9-12)21-16(23)11-2-1-7-22(10-11)17(24)14-5-4-13(8-19)25-14/h3,6,9,11,13-14H,1-2,4-5,7-8,10,19H2,(H,20,21,23)/t11?,13-,14+/m1/s1. The minimum atomic E-state index is -0.423. The highest BCUT2D eigenvalue weighted by Crippen LogP contribution is 2.24. The van der Waals surface area contributed by atoms with Crippen molar-refractivity contribution in [2.75, 3.05) is 25.0 Å². The number of carbonyl (C=O) groups excluding carboxylic acids is 2. The molecule has 3 atom stereocenters. The van der Waals surface area contributed by atoms with E-state index < -0.39 is 6.10 Å². The van der Waals surface area contributed by atoms with Crippen LogP contribution in [0.5, 0.6) is 0 Å². The summed E-state index contributed by atoms with van der Waals surface area (Å²) in [6.45, 7) is 1.50. The Kier molecular flexibility index (Phi) is 5.88. The Bertz CT molecular complexity index is 625. The fourth-order valence-corrected chi connectivity index (χ4v) is 3.45. The molecule has 0 bridgehead atoms. The first-order chi connectivity index (χ1) is 12.1. The number of aromatic nitrogens is 1. The predicted octanol–water partition coefficient (Wildman–Crippen LogP) is 1.42. The van der Waals surface area contributed by atoms with Crippen LogP contribution in [-0.2, 0) is 14.3 Å². The van der Waals surface area contributed by atoms with Gasteiger partial charge in [-0.3, -0.25) is 9.59 Å². The fourth-order valence-electron chi connectivity index (χ4n) is 3.33. The zero-order chi connectivity index (χ0) is 17.8. The summed E-state index contributed by atoms with van der Waals surface area (Å²) in [4.78, 5) is 30.9. The van der Waals surface area contributed by atoms with Gasteiger partial charge in [0, 0.05) is 25.8 Å². The number of nitrogens with zero attached hydrogens (tertiary/aromatic N) is 2. The molecule has 136 valence electrons. The predicted molar refractivity (Wildman–Crippen MR) is 94.1 cm³/mol. The number of hydrogen-bond donors (Lipinski definition) is 2. The molecule has 0 aliphatic carbocycles. The Labute approximate surface area is 151 Å². The molecule has 2 aliphatic heterocycles. The van der Waals surface area contributed by atoms with Crippen LogP contribution in [0.2, 0.25) is 5.02 Å². The summed E-state index contributed by atoms with van der Waals surface area (Å²) in [5.74, 6) is 0.0576. The van der Waals surface area contributed by atoms with Crippen LogP contribution >= 0.6 is 11.6 Å². The van der Waals surface area contributed by atoms with Crippen molar-refractivity contribution in [1.82, 2.24) is 9.88 Å². The van der Waals surface area contributed by atoms with Crippen molar-refractivity contribution in [3.8, 4) is 0 Å². The maximum atomic E-state index is 12.6. The third-order valence-corrected chi connectivity index (χ3v) is 4.95. The lowest BCUT2D eigenvalue weighted by Gasteiger charge is -2.33. The molecule has 2 aliphatic rings. The average Bonchev–Trinajstić information content (AvgIpc) is 3.12. The molecule has 1 aromatic rings. The Morgan fingerprint density at radius 1 is 1.36 bits per heavy atom. The van der Waals surface area contributed by atoms with Crippen LogP contribution in [0.4, 0.5) is 5.82 Å². The van der Waals surface area contributed by atoms with E-state index in [-0.39, 0.29) is 23.8 Å². The average molecular weight is 367 g/mol. The van der Waals surface area contributed by atoms with E-state index in [1.54, 1.807) is 17.0 Å². The van der Waals surface area contributed by atoms with E-state index in [2.05, 4.69) is 10.3 Å². The first kappa shape index (κ1) is 18.1. The van der Waals surface area contributed by atoms with E-state index in [1.807, 2.05) is 0 Å². The lowest BCUT2D eigenvalue weighted by Crippen LogP contribution is -2.47. The van der Waals surface area contributed by atoms with Gasteiger partial charge in [-0.25, -0.2) is 4.98 Å². The maximum absolute atomic E-state index is 12.6. The van der Waals surface area contributed by atoms with Gasteiger partial charge in [0.05, 0.1) is 17.0 Å². The summed E-state index contributed by atoms with van der Waals surface area (Å²) in [7, 11) is 0. The fraction of sp³-hybridized carbons (Fsp3) is 0.588. The van der Waals surface area contributed by atoms with Gasteiger partial charge in [0.1, 0.15) is 11.9 Å². The number of hydrogen-bond acceptors (Lipinski definition) is 5. The number of amides is 2. The second kappa shape index (κ2) is 8.12. The number of pyridine rings is 1. The number of nitrogens with one attached hydrogen (secondary N) is 1. The van der Waals surface area contributed by atoms with Gasteiger partial charge in [0.2, 0.25) is 5.91 Å². The second-order valence-corrected chi connectivity index (χ2v) is 6.97. The molecule has 0 radical (unpaired) electrons. The Hall–Kier alpha value is -1.70. The molecule has 1 unspecified atom stereocenters. The van der Waals surface area contributed by atoms with Crippen molar-refractivity contribution >= 4 is 29.2 Å². The Balaban J connectivity index is 1.56. The lowest BCUT2D eigenvalue weighted by atomic mass is 9.96. The normalized spacial score (nSPS) is 26.5. The molecule has 7 nitrogen and oxygen atoms in total. The summed E-state index contributed by atoms with van der Waals surface area (Å²) >= 11 is 5.79. The molecule has 3 heterocycles. The smallest absolute Gasteiger partial charge is 0.251 e. The van der Waals surface area contributed by atoms with Crippen LogP contribution in [0.15, 0.2) is 18.3 Å². The highest BCUT2D eigenvalue weighted by atomic mass is 35.5. The largest absolute Gasteiger partial charge is 0.364 e. The summed E-state index contributed by atoms with van der Waals surface area (Å²) < 4.78 is 5.69. The third kappa shape index (κ3) is 4.48. The van der Waals surface area contributed by atoms with Crippen molar-refractivity contribution in [2.24, 2.45) is 11.7 Å². The van der Waals surface area contributed by atoms with Crippen LogP contribution in [-0.4, -0.2) is 53.5 Å². The molecule has 25 heavy (non-hydrogen) atoms. The molecular formula is C17H23ClN4O3. The molecule has 8 heteroatoms. The van der Waals surface area contributed by atoms with Crippen molar-refractivity contribution < 1.29 is 14.3 Å². The minimum absolute atomic E-state index is 0.0296. The molecule has 0 spiro atoms. The van der Waals surface area contributed by atoms with Crippen molar-refractivity contribution in [3.05, 3.63) is 23.4 Å². The monoisotopic (exact) mass is 366 g/mol. The zero-order valence-electron chi connectivity index (χ0n) is 14.0. The van der Waals surface area contributed by atoms with Gasteiger partial charge in [0.25, 0.3) is 5.91 Å². The number of carbonyl (C=O) groups is 2. The number of rotatable bonds is 4. The number of ether oxygens (including phenoxy) is 1. The highest BCUT2D eigenvalue weighted by Gasteiger charge is 2.36. The Morgan fingerprint density at radius 3 is 2.88 bits per heavy atom. The number of nitrogens with two attached hydrogens (primary N) is 1. The van der Waals surface area contributed by atoms with Gasteiger partial charge in [-0.05, 0) is 37.8 Å². The summed E-state index contributed by atoms with van der Waals surface area (Å²) in [5, 5.41) is 3.30. The highest BCUT2D eigenvalue weighted by molar-refractivity contribution is 6.30. The van der Waals surface area contributed by atoms with Crippen LogP contribution in [0.25, 0.3) is 0 Å². The number of piperidine rings is 1. The summed E-state index contributed by atoms with van der Waals surface area (Å²) in [6.07, 6.45) is 4.09. The van der Waals surface area contributed by atoms with Gasteiger partial charge in [0.15, 0.2) is 0 Å². The van der Waals surface area contributed by atoms with E-state index in [1.165, 1.54) is 6.20 Å². The molecule has 0 aromatic carbocycles. The van der Waals surface area contributed by atoms with Gasteiger partial charge in [-0.15, -0.1) is 0 Å². The molecule has 2 saturated heterocycles. The Morgan fingerprint density at radius 2 is 2.20 bits per heavy atom. The quantitative estimate of drug-likeness (QED) is 0.839. The first-order valence-electron chi connectivity index (χ1n) is 8.63. The molecule has 3 rings (SSSR count). The van der Waals surface area contributed by atoms with Crippen molar-refractivity contribution in [2.45, 2.75) is 37.9 Å². The van der Waals surface area contributed by atoms with E-state index in [4.69, 9.17) is 22.1 Å². The summed E-state index contributed by atoms with van der Waals surface area (Å²) in [5.41, 5.74) is 5.60. The van der Waals surface area contributed by atoms with Gasteiger partial charge < -0.3 is 20.7 Å². The number of halogens is 1. The molecule has 0 saturated carbocycles. The molecule has 2 fully saturated rings. The van der Waals surface area contributed by atoms with Gasteiger partial charge in [-0.2, -0.15) is 0 Å². The van der Waals surface area contributed by atoms with E-state index in [0.29, 0.717) is 36.9 Å².